The second kappa shape index (κ2) is 7.49. The Morgan fingerprint density at radius 1 is 1.16 bits per heavy atom. The third-order valence-corrected chi connectivity index (χ3v) is 4.35. The van der Waals surface area contributed by atoms with Crippen molar-refractivity contribution in [3.05, 3.63) is 65.5 Å². The lowest BCUT2D eigenvalue weighted by molar-refractivity contribution is -0.125. The normalized spacial score (nSPS) is 12.5. The van der Waals surface area contributed by atoms with Gasteiger partial charge in [-0.1, -0.05) is 36.4 Å². The summed E-state index contributed by atoms with van der Waals surface area (Å²) in [4.78, 5) is 22.5. The van der Waals surface area contributed by atoms with Crippen LogP contribution in [0.2, 0.25) is 0 Å². The molecule has 130 valence electrons. The van der Waals surface area contributed by atoms with Crippen LogP contribution in [-0.2, 0) is 11.2 Å². The summed E-state index contributed by atoms with van der Waals surface area (Å²) in [6.07, 6.45) is 0.675. The Morgan fingerprint density at radius 2 is 1.88 bits per heavy atom. The number of carbonyl (C=O) groups is 1. The molecule has 25 heavy (non-hydrogen) atoms. The van der Waals surface area contributed by atoms with Crippen LogP contribution < -0.4 is 5.32 Å². The molecular weight excluding hydrogens is 312 g/mol. The van der Waals surface area contributed by atoms with E-state index in [1.165, 1.54) is 0 Å². The summed E-state index contributed by atoms with van der Waals surface area (Å²) in [7, 11) is 3.85. The van der Waals surface area contributed by atoms with Crippen LogP contribution in [-0.4, -0.2) is 41.4 Å². The molecule has 0 aliphatic rings. The van der Waals surface area contributed by atoms with E-state index in [2.05, 4.69) is 15.3 Å². The Labute approximate surface area is 148 Å². The molecule has 5 heteroatoms. The maximum Gasteiger partial charge on any atom is 0.241 e. The fourth-order valence-electron chi connectivity index (χ4n) is 3.07. The van der Waals surface area contributed by atoms with Crippen molar-refractivity contribution < 1.29 is 4.79 Å². The van der Waals surface area contributed by atoms with Crippen LogP contribution in [0.15, 0.2) is 48.5 Å². The van der Waals surface area contributed by atoms with Gasteiger partial charge in [-0.15, -0.1) is 0 Å². The number of benzene rings is 2. The molecule has 1 aromatic heterocycles. The van der Waals surface area contributed by atoms with Gasteiger partial charge in [0.2, 0.25) is 5.91 Å². The number of hydrogen-bond donors (Lipinski definition) is 2. The fourth-order valence-corrected chi connectivity index (χ4v) is 3.07. The summed E-state index contributed by atoms with van der Waals surface area (Å²) in [6, 6.07) is 15.7. The van der Waals surface area contributed by atoms with Crippen molar-refractivity contribution in [1.82, 2.24) is 20.2 Å². The summed E-state index contributed by atoms with van der Waals surface area (Å²) in [5.41, 5.74) is 4.13. The minimum absolute atomic E-state index is 0.00964. The number of hydrogen-bond acceptors (Lipinski definition) is 3. The zero-order valence-corrected chi connectivity index (χ0v) is 14.9. The van der Waals surface area contributed by atoms with Crippen molar-refractivity contribution in [1.29, 1.82) is 0 Å². The van der Waals surface area contributed by atoms with Crippen LogP contribution in [0.4, 0.5) is 0 Å². The summed E-state index contributed by atoms with van der Waals surface area (Å²) in [5.74, 6) is 0.897. The van der Waals surface area contributed by atoms with E-state index in [0.29, 0.717) is 13.0 Å². The standard InChI is InChI=1S/C20H24N4O/c1-14-8-4-5-9-15(14)19(24(2)3)20(25)21-13-12-18-22-16-10-6-7-11-17(16)23-18/h4-11,19H,12-13H2,1-3H3,(H,21,25)(H,22,23). The lowest BCUT2D eigenvalue weighted by Crippen LogP contribution is -2.38. The van der Waals surface area contributed by atoms with Gasteiger partial charge >= 0.3 is 0 Å². The first-order valence-corrected chi connectivity index (χ1v) is 8.49. The molecule has 5 nitrogen and oxygen atoms in total. The number of imidazole rings is 1. The van der Waals surface area contributed by atoms with E-state index in [4.69, 9.17) is 0 Å². The topological polar surface area (TPSA) is 61.0 Å². The third-order valence-electron chi connectivity index (χ3n) is 4.35. The first kappa shape index (κ1) is 17.2. The van der Waals surface area contributed by atoms with Crippen molar-refractivity contribution in [3.63, 3.8) is 0 Å². The highest BCUT2D eigenvalue weighted by Crippen LogP contribution is 2.21. The number of aromatic amines is 1. The molecule has 0 saturated carbocycles. The molecule has 3 aromatic rings. The molecule has 1 unspecified atom stereocenters. The van der Waals surface area contributed by atoms with Gasteiger partial charge in [0.15, 0.2) is 0 Å². The highest BCUT2D eigenvalue weighted by atomic mass is 16.2. The molecule has 2 aromatic carbocycles. The SMILES string of the molecule is Cc1ccccc1C(C(=O)NCCc1nc2ccccc2[nH]1)N(C)C. The van der Waals surface area contributed by atoms with E-state index in [1.807, 2.05) is 74.4 Å². The molecule has 0 spiro atoms. The Balaban J connectivity index is 1.65. The van der Waals surface area contributed by atoms with Crippen molar-refractivity contribution in [2.75, 3.05) is 20.6 Å². The summed E-state index contributed by atoms with van der Waals surface area (Å²) in [6.45, 7) is 2.59. The van der Waals surface area contributed by atoms with Gasteiger partial charge in [-0.3, -0.25) is 9.69 Å². The Morgan fingerprint density at radius 3 is 2.60 bits per heavy atom. The van der Waals surface area contributed by atoms with Crippen molar-refractivity contribution in [2.24, 2.45) is 0 Å². The molecule has 1 amide bonds. The number of rotatable bonds is 6. The van der Waals surface area contributed by atoms with Crippen LogP contribution >= 0.6 is 0 Å². The molecule has 0 fully saturated rings. The van der Waals surface area contributed by atoms with Gasteiger partial charge in [0.05, 0.1) is 11.0 Å². The van der Waals surface area contributed by atoms with Gasteiger partial charge in [-0.25, -0.2) is 4.98 Å². The van der Waals surface area contributed by atoms with Crippen LogP contribution in [0.25, 0.3) is 11.0 Å². The molecule has 0 saturated heterocycles. The average molecular weight is 336 g/mol. The summed E-state index contributed by atoms with van der Waals surface area (Å²) in [5, 5.41) is 3.04. The van der Waals surface area contributed by atoms with Gasteiger partial charge in [0.25, 0.3) is 0 Å². The van der Waals surface area contributed by atoms with Gasteiger partial charge in [0, 0.05) is 13.0 Å². The molecule has 0 aliphatic carbocycles. The van der Waals surface area contributed by atoms with Crippen molar-refractivity contribution >= 4 is 16.9 Å². The van der Waals surface area contributed by atoms with Gasteiger partial charge in [-0.05, 0) is 44.3 Å². The number of likely N-dealkylation sites (N-methyl/N-ethyl adjacent to an activating group) is 1. The summed E-state index contributed by atoms with van der Waals surface area (Å²) < 4.78 is 0. The lowest BCUT2D eigenvalue weighted by atomic mass is 10.00. The molecule has 3 rings (SSSR count). The number of nitrogens with one attached hydrogen (secondary N) is 2. The predicted molar refractivity (Wildman–Crippen MR) is 100 cm³/mol. The van der Waals surface area contributed by atoms with Gasteiger partial charge in [-0.2, -0.15) is 0 Å². The van der Waals surface area contributed by atoms with Gasteiger partial charge in [0.1, 0.15) is 11.9 Å². The van der Waals surface area contributed by atoms with E-state index in [0.717, 1.165) is 28.0 Å². The largest absolute Gasteiger partial charge is 0.354 e. The third kappa shape index (κ3) is 3.88. The molecule has 0 radical (unpaired) electrons. The number of H-pyrrole nitrogens is 1. The van der Waals surface area contributed by atoms with E-state index in [1.54, 1.807) is 0 Å². The number of fused-ring (bicyclic) bond motifs is 1. The fraction of sp³-hybridized carbons (Fsp3) is 0.300. The van der Waals surface area contributed by atoms with E-state index in [-0.39, 0.29) is 11.9 Å². The van der Waals surface area contributed by atoms with Crippen molar-refractivity contribution in [2.45, 2.75) is 19.4 Å². The van der Waals surface area contributed by atoms with Gasteiger partial charge < -0.3 is 10.3 Å². The zero-order valence-electron chi connectivity index (χ0n) is 14.9. The zero-order chi connectivity index (χ0) is 17.8. The average Bonchev–Trinajstić information content (AvgIpc) is 2.99. The Hall–Kier alpha value is -2.66. The lowest BCUT2D eigenvalue weighted by Gasteiger charge is -2.25. The quantitative estimate of drug-likeness (QED) is 0.728. The maximum absolute atomic E-state index is 12.7. The van der Waals surface area contributed by atoms with E-state index in [9.17, 15) is 4.79 Å². The summed E-state index contributed by atoms with van der Waals surface area (Å²) >= 11 is 0. The first-order chi connectivity index (χ1) is 12.1. The monoisotopic (exact) mass is 336 g/mol. The molecule has 2 N–H and O–H groups in total. The number of amides is 1. The Bertz CT molecular complexity index is 836. The first-order valence-electron chi connectivity index (χ1n) is 8.49. The number of para-hydroxylation sites is 2. The Kier molecular flexibility index (Phi) is 5.14. The molecular formula is C20H24N4O. The number of aryl methyl sites for hydroxylation is 1. The maximum atomic E-state index is 12.7. The minimum Gasteiger partial charge on any atom is -0.354 e. The smallest absolute Gasteiger partial charge is 0.241 e. The van der Waals surface area contributed by atoms with Crippen molar-refractivity contribution in [3.8, 4) is 0 Å². The molecule has 1 atom stereocenters. The number of nitrogens with zero attached hydrogens (tertiary/aromatic N) is 2. The molecule has 0 bridgehead atoms. The van der Waals surface area contributed by atoms with Crippen LogP contribution in [0.1, 0.15) is 23.0 Å². The van der Waals surface area contributed by atoms with Crippen LogP contribution in [0.5, 0.6) is 0 Å². The van der Waals surface area contributed by atoms with Crippen LogP contribution in [0.3, 0.4) is 0 Å². The highest BCUT2D eigenvalue weighted by molar-refractivity contribution is 5.83. The van der Waals surface area contributed by atoms with Crippen LogP contribution in [0, 0.1) is 6.92 Å². The number of aromatic nitrogens is 2. The molecule has 0 aliphatic heterocycles. The van der Waals surface area contributed by atoms with E-state index >= 15 is 0 Å². The minimum atomic E-state index is -0.295. The second-order valence-corrected chi connectivity index (χ2v) is 6.46. The van der Waals surface area contributed by atoms with E-state index < -0.39 is 0 Å². The second-order valence-electron chi connectivity index (χ2n) is 6.46. The predicted octanol–water partition coefficient (Wildman–Crippen LogP) is 2.83. The number of carbonyl (C=O) groups excluding carboxylic acids is 1. The highest BCUT2D eigenvalue weighted by Gasteiger charge is 2.23. The molecule has 1 heterocycles.